The third kappa shape index (κ3) is 2.49. The molecule has 96 valence electrons. The molecule has 0 N–H and O–H groups in total. The zero-order valence-corrected chi connectivity index (χ0v) is 11.1. The Bertz CT molecular complexity index is 435. The summed E-state index contributed by atoms with van der Waals surface area (Å²) in [7, 11) is 3.73. The van der Waals surface area contributed by atoms with Crippen molar-refractivity contribution >= 4 is 0 Å². The van der Waals surface area contributed by atoms with Gasteiger partial charge in [-0.25, -0.2) is 0 Å². The number of ether oxygens (including phenoxy) is 1. The lowest BCUT2D eigenvalue weighted by Crippen LogP contribution is -2.50. The first-order chi connectivity index (χ1) is 8.70. The Balaban J connectivity index is 2.16. The normalized spacial score (nSPS) is 24.5. The summed E-state index contributed by atoms with van der Waals surface area (Å²) < 4.78 is 5.16. The fourth-order valence-corrected chi connectivity index (χ4v) is 2.66. The fourth-order valence-electron chi connectivity index (χ4n) is 2.66. The van der Waals surface area contributed by atoms with E-state index in [2.05, 4.69) is 30.1 Å². The first-order valence-corrected chi connectivity index (χ1v) is 6.46. The van der Waals surface area contributed by atoms with Crippen LogP contribution in [0.3, 0.4) is 0 Å². The van der Waals surface area contributed by atoms with Gasteiger partial charge in [-0.1, -0.05) is 12.1 Å². The molecule has 0 spiro atoms. The number of hydrogen-bond acceptors (Lipinski definition) is 3. The number of nitriles is 1. The fraction of sp³-hybridized carbons (Fsp3) is 0.533. The molecular weight excluding hydrogens is 224 g/mol. The number of hydrogen-bond donors (Lipinski definition) is 0. The molecule has 0 aliphatic carbocycles. The summed E-state index contributed by atoms with van der Waals surface area (Å²) >= 11 is 0. The minimum Gasteiger partial charge on any atom is -0.497 e. The topological polar surface area (TPSA) is 36.3 Å². The summed E-state index contributed by atoms with van der Waals surface area (Å²) in [6, 6.07) is 10.6. The van der Waals surface area contributed by atoms with E-state index in [1.165, 1.54) is 12.0 Å². The highest BCUT2D eigenvalue weighted by Crippen LogP contribution is 2.30. The van der Waals surface area contributed by atoms with Gasteiger partial charge in [-0.05, 0) is 50.6 Å². The Labute approximate surface area is 109 Å². The number of rotatable bonds is 3. The minimum absolute atomic E-state index is 0.327. The molecule has 2 rings (SSSR count). The van der Waals surface area contributed by atoms with Crippen LogP contribution in [0.5, 0.6) is 5.75 Å². The Morgan fingerprint density at radius 2 is 2.06 bits per heavy atom. The first kappa shape index (κ1) is 12.9. The molecule has 18 heavy (non-hydrogen) atoms. The second-order valence-corrected chi connectivity index (χ2v) is 5.05. The van der Waals surface area contributed by atoms with E-state index >= 15 is 0 Å². The average molecular weight is 244 g/mol. The van der Waals surface area contributed by atoms with Gasteiger partial charge < -0.3 is 4.74 Å². The van der Waals surface area contributed by atoms with Gasteiger partial charge in [0.25, 0.3) is 0 Å². The highest BCUT2D eigenvalue weighted by molar-refractivity contribution is 5.30. The van der Waals surface area contributed by atoms with Crippen LogP contribution in [0.2, 0.25) is 0 Å². The second kappa shape index (κ2) is 5.41. The highest BCUT2D eigenvalue weighted by atomic mass is 16.5. The summed E-state index contributed by atoms with van der Waals surface area (Å²) in [5, 5.41) is 9.56. The molecule has 0 radical (unpaired) electrons. The van der Waals surface area contributed by atoms with Crippen LogP contribution in [-0.2, 0) is 6.42 Å². The molecule has 1 aromatic rings. The zero-order valence-electron chi connectivity index (χ0n) is 11.1. The van der Waals surface area contributed by atoms with Gasteiger partial charge in [0.2, 0.25) is 0 Å². The third-order valence-corrected chi connectivity index (χ3v) is 3.93. The minimum atomic E-state index is -0.327. The van der Waals surface area contributed by atoms with Crippen LogP contribution >= 0.6 is 0 Å². The molecular formula is C15H20N2O. The van der Waals surface area contributed by atoms with Crippen LogP contribution in [0.25, 0.3) is 0 Å². The van der Waals surface area contributed by atoms with Crippen molar-refractivity contribution in [1.29, 1.82) is 5.26 Å². The van der Waals surface area contributed by atoms with Gasteiger partial charge in [0.05, 0.1) is 13.2 Å². The summed E-state index contributed by atoms with van der Waals surface area (Å²) in [6.07, 6.45) is 4.10. The number of nitrogens with zero attached hydrogens (tertiary/aromatic N) is 2. The molecule has 1 aromatic carbocycles. The lowest BCUT2D eigenvalue weighted by molar-refractivity contribution is 0.123. The standard InChI is InChI=1S/C15H20N2O/c1-17-10-4-3-9-15(17,12-16)11-13-5-7-14(18-2)8-6-13/h5-8H,3-4,9-11H2,1-2H3. The van der Waals surface area contributed by atoms with Crippen molar-refractivity contribution in [2.75, 3.05) is 20.7 Å². The van der Waals surface area contributed by atoms with Gasteiger partial charge in [-0.3, -0.25) is 4.90 Å². The molecule has 1 heterocycles. The van der Waals surface area contributed by atoms with Crippen molar-refractivity contribution in [3.05, 3.63) is 29.8 Å². The zero-order chi connectivity index (χ0) is 13.0. The van der Waals surface area contributed by atoms with Crippen LogP contribution in [0.4, 0.5) is 0 Å². The van der Waals surface area contributed by atoms with Gasteiger partial charge in [-0.2, -0.15) is 5.26 Å². The van der Waals surface area contributed by atoms with E-state index in [0.717, 1.165) is 31.6 Å². The van der Waals surface area contributed by atoms with E-state index in [9.17, 15) is 5.26 Å². The number of benzene rings is 1. The average Bonchev–Trinajstić information content (AvgIpc) is 2.42. The Hall–Kier alpha value is -1.53. The van der Waals surface area contributed by atoms with Crippen LogP contribution in [0.1, 0.15) is 24.8 Å². The molecule has 1 atom stereocenters. The quantitative estimate of drug-likeness (QED) is 0.820. The smallest absolute Gasteiger partial charge is 0.118 e. The molecule has 3 heteroatoms. The van der Waals surface area contributed by atoms with E-state index in [1.54, 1.807) is 7.11 Å². The maximum atomic E-state index is 9.56. The van der Waals surface area contributed by atoms with Crippen molar-refractivity contribution in [1.82, 2.24) is 4.90 Å². The summed E-state index contributed by atoms with van der Waals surface area (Å²) in [5.74, 6) is 0.863. The molecule has 0 bridgehead atoms. The highest BCUT2D eigenvalue weighted by Gasteiger charge is 2.36. The van der Waals surface area contributed by atoms with E-state index < -0.39 is 0 Å². The van der Waals surface area contributed by atoms with Crippen LogP contribution in [0, 0.1) is 11.3 Å². The summed E-state index contributed by atoms with van der Waals surface area (Å²) in [4.78, 5) is 2.21. The monoisotopic (exact) mass is 244 g/mol. The van der Waals surface area contributed by atoms with Crippen LogP contribution in [-0.4, -0.2) is 31.1 Å². The molecule has 1 unspecified atom stereocenters. The summed E-state index contributed by atoms with van der Waals surface area (Å²) in [6.45, 7) is 1.02. The van der Waals surface area contributed by atoms with Crippen molar-refractivity contribution in [3.63, 3.8) is 0 Å². The van der Waals surface area contributed by atoms with Crippen molar-refractivity contribution < 1.29 is 4.74 Å². The van der Waals surface area contributed by atoms with Crippen LogP contribution in [0.15, 0.2) is 24.3 Å². The maximum absolute atomic E-state index is 9.56. The lowest BCUT2D eigenvalue weighted by atomic mass is 9.83. The molecule has 0 aromatic heterocycles. The number of methoxy groups -OCH3 is 1. The number of piperidine rings is 1. The van der Waals surface area contributed by atoms with E-state index in [4.69, 9.17) is 4.74 Å². The molecule has 3 nitrogen and oxygen atoms in total. The third-order valence-electron chi connectivity index (χ3n) is 3.93. The second-order valence-electron chi connectivity index (χ2n) is 5.05. The predicted molar refractivity (Wildman–Crippen MR) is 71.5 cm³/mol. The molecule has 1 fully saturated rings. The Kier molecular flexibility index (Phi) is 3.88. The largest absolute Gasteiger partial charge is 0.497 e. The number of likely N-dealkylation sites (tertiary alicyclic amines) is 1. The van der Waals surface area contributed by atoms with Crippen LogP contribution < -0.4 is 4.74 Å². The van der Waals surface area contributed by atoms with Crippen molar-refractivity contribution in [2.45, 2.75) is 31.2 Å². The van der Waals surface area contributed by atoms with Gasteiger partial charge in [0.1, 0.15) is 11.3 Å². The van der Waals surface area contributed by atoms with E-state index in [1.807, 2.05) is 12.1 Å². The summed E-state index contributed by atoms with van der Waals surface area (Å²) in [5.41, 5.74) is 0.874. The van der Waals surface area contributed by atoms with Crippen molar-refractivity contribution in [3.8, 4) is 11.8 Å². The van der Waals surface area contributed by atoms with Crippen molar-refractivity contribution in [2.24, 2.45) is 0 Å². The Morgan fingerprint density at radius 3 is 2.61 bits per heavy atom. The first-order valence-electron chi connectivity index (χ1n) is 6.46. The molecule has 1 saturated heterocycles. The van der Waals surface area contributed by atoms with Gasteiger partial charge in [0.15, 0.2) is 0 Å². The van der Waals surface area contributed by atoms with Gasteiger partial charge in [0, 0.05) is 6.42 Å². The molecule has 1 aliphatic heterocycles. The predicted octanol–water partition coefficient (Wildman–Crippen LogP) is 2.62. The molecule has 1 aliphatic rings. The SMILES string of the molecule is COc1ccc(CC2(C#N)CCCCN2C)cc1. The van der Waals surface area contributed by atoms with E-state index in [0.29, 0.717) is 0 Å². The van der Waals surface area contributed by atoms with Gasteiger partial charge >= 0.3 is 0 Å². The molecule has 0 amide bonds. The number of likely N-dealkylation sites (N-methyl/N-ethyl adjacent to an activating group) is 1. The lowest BCUT2D eigenvalue weighted by Gasteiger charge is -2.40. The maximum Gasteiger partial charge on any atom is 0.118 e. The Morgan fingerprint density at radius 1 is 1.33 bits per heavy atom. The molecule has 0 saturated carbocycles. The van der Waals surface area contributed by atoms with E-state index in [-0.39, 0.29) is 5.54 Å². The van der Waals surface area contributed by atoms with Gasteiger partial charge in [-0.15, -0.1) is 0 Å².